The number of benzene rings is 1. The Balaban J connectivity index is 0.000000500. The summed E-state index contributed by atoms with van der Waals surface area (Å²) < 4.78 is 0. The van der Waals surface area contributed by atoms with E-state index in [9.17, 15) is 0 Å². The zero-order valence-electron chi connectivity index (χ0n) is 5.78. The van der Waals surface area contributed by atoms with Gasteiger partial charge in [0.15, 0.2) is 0 Å². The highest BCUT2D eigenvalue weighted by Crippen LogP contribution is 2.10. The van der Waals surface area contributed by atoms with Gasteiger partial charge in [-0.3, -0.25) is 0 Å². The van der Waals surface area contributed by atoms with Crippen LogP contribution in [0.3, 0.4) is 0 Å². The van der Waals surface area contributed by atoms with Crippen LogP contribution in [0.2, 0.25) is 0 Å². The van der Waals surface area contributed by atoms with E-state index in [4.69, 9.17) is 0 Å². The maximum Gasteiger partial charge on any atom is 0.00843 e. The molecule has 2 rings (SSSR count). The van der Waals surface area contributed by atoms with Gasteiger partial charge in [-0.05, 0) is 10.8 Å². The van der Waals surface area contributed by atoms with Crippen LogP contribution in [0.4, 0.5) is 0 Å². The van der Waals surface area contributed by atoms with Gasteiger partial charge in [-0.1, -0.05) is 24.3 Å². The fourth-order valence-corrected chi connectivity index (χ4v) is 0.995. The smallest absolute Gasteiger partial charge is 0.00843 e. The second-order valence-corrected chi connectivity index (χ2v) is 2.08. The van der Waals surface area contributed by atoms with Gasteiger partial charge in [0.1, 0.15) is 0 Å². The summed E-state index contributed by atoms with van der Waals surface area (Å²) in [6.45, 7) is 0. The number of halogens is 2. The third-order valence-corrected chi connectivity index (χ3v) is 1.47. The zero-order chi connectivity index (χ0) is 6.10. The zero-order valence-corrected chi connectivity index (χ0v) is 7.41. The van der Waals surface area contributed by atoms with E-state index in [1.807, 2.05) is 24.5 Å². The van der Waals surface area contributed by atoms with Crippen molar-refractivity contribution in [3.8, 4) is 0 Å². The number of hydrogen-bond acceptors (Lipinski definition) is 0. The highest BCUT2D eigenvalue weighted by atomic mass is 35.5. The minimum absolute atomic E-state index is 0. The van der Waals surface area contributed by atoms with E-state index in [2.05, 4.69) is 17.1 Å². The summed E-state index contributed by atoms with van der Waals surface area (Å²) in [5.41, 5.74) is 0. The molecule has 0 aliphatic carbocycles. The average Bonchev–Trinajstić information content (AvgIpc) is 2.33. The van der Waals surface area contributed by atoms with Crippen molar-refractivity contribution in [2.45, 2.75) is 0 Å². The predicted molar refractivity (Wildman–Crippen MR) is 52.8 cm³/mol. The summed E-state index contributed by atoms with van der Waals surface area (Å²) >= 11 is 0. The lowest BCUT2D eigenvalue weighted by molar-refractivity contribution is 1.43. The molecule has 1 nitrogen and oxygen atoms in total. The third-order valence-electron chi connectivity index (χ3n) is 1.47. The van der Waals surface area contributed by atoms with Crippen molar-refractivity contribution in [3.05, 3.63) is 36.7 Å². The van der Waals surface area contributed by atoms with Crippen molar-refractivity contribution in [2.75, 3.05) is 0 Å². The van der Waals surface area contributed by atoms with Crippen molar-refractivity contribution in [2.24, 2.45) is 0 Å². The maximum absolute atomic E-state index is 3.04. The molecule has 0 aliphatic rings. The first kappa shape index (κ1) is 10.3. The summed E-state index contributed by atoms with van der Waals surface area (Å²) in [4.78, 5) is 3.04. The van der Waals surface area contributed by atoms with E-state index in [1.165, 1.54) is 10.8 Å². The molecule has 3 heteroatoms. The van der Waals surface area contributed by atoms with Gasteiger partial charge in [0.2, 0.25) is 0 Å². The maximum atomic E-state index is 3.04. The van der Waals surface area contributed by atoms with Crippen molar-refractivity contribution in [1.29, 1.82) is 0 Å². The van der Waals surface area contributed by atoms with Crippen LogP contribution in [0.5, 0.6) is 0 Å². The number of fused-ring (bicyclic) bond motifs is 1. The molecule has 11 heavy (non-hydrogen) atoms. The summed E-state index contributed by atoms with van der Waals surface area (Å²) in [6.07, 6.45) is 3.99. The van der Waals surface area contributed by atoms with Crippen LogP contribution in [-0.4, -0.2) is 4.98 Å². The fourth-order valence-electron chi connectivity index (χ4n) is 0.995. The second-order valence-electron chi connectivity index (χ2n) is 2.08. The van der Waals surface area contributed by atoms with Gasteiger partial charge < -0.3 is 4.98 Å². The summed E-state index contributed by atoms with van der Waals surface area (Å²) in [5, 5.41) is 2.55. The first-order chi connectivity index (χ1) is 4.47. The molecular weight excluding hydrogens is 181 g/mol. The van der Waals surface area contributed by atoms with E-state index >= 15 is 0 Å². The number of rotatable bonds is 0. The molecule has 2 aromatic rings. The standard InChI is InChI=1S/C8H7N.2ClH/c1-2-4-8-6-9-5-7(8)3-1;;/h1-6,9H;2*1H. The molecule has 0 unspecified atom stereocenters. The molecule has 0 saturated carbocycles. The topological polar surface area (TPSA) is 15.8 Å². The Kier molecular flexibility index (Phi) is 4.01. The Bertz CT molecular complexity index is 286. The summed E-state index contributed by atoms with van der Waals surface area (Å²) in [5.74, 6) is 0. The number of hydrogen-bond donors (Lipinski definition) is 1. The van der Waals surface area contributed by atoms with Gasteiger partial charge >= 0.3 is 0 Å². The number of aromatic amines is 1. The van der Waals surface area contributed by atoms with Crippen LogP contribution < -0.4 is 0 Å². The van der Waals surface area contributed by atoms with E-state index < -0.39 is 0 Å². The SMILES string of the molecule is Cl.Cl.c1ccc2c[nH]cc2c1. The Morgan fingerprint density at radius 2 is 1.27 bits per heavy atom. The van der Waals surface area contributed by atoms with Gasteiger partial charge in [-0.2, -0.15) is 0 Å². The number of H-pyrrole nitrogens is 1. The monoisotopic (exact) mass is 189 g/mol. The van der Waals surface area contributed by atoms with Crippen LogP contribution >= 0.6 is 24.8 Å². The number of aromatic nitrogens is 1. The minimum Gasteiger partial charge on any atom is -0.366 e. The van der Waals surface area contributed by atoms with E-state index in [0.717, 1.165) is 0 Å². The van der Waals surface area contributed by atoms with Gasteiger partial charge in [-0.15, -0.1) is 24.8 Å². The van der Waals surface area contributed by atoms with Gasteiger partial charge in [0.05, 0.1) is 0 Å². The quantitative estimate of drug-likeness (QED) is 0.657. The first-order valence-electron chi connectivity index (χ1n) is 2.98. The van der Waals surface area contributed by atoms with Crippen molar-refractivity contribution < 1.29 is 0 Å². The Hall–Kier alpha value is -0.660. The minimum atomic E-state index is 0. The van der Waals surface area contributed by atoms with Crippen LogP contribution in [0.25, 0.3) is 10.8 Å². The van der Waals surface area contributed by atoms with Crippen molar-refractivity contribution >= 4 is 35.6 Å². The van der Waals surface area contributed by atoms with E-state index in [-0.39, 0.29) is 24.8 Å². The van der Waals surface area contributed by atoms with Crippen molar-refractivity contribution in [3.63, 3.8) is 0 Å². The molecule has 0 fully saturated rings. The van der Waals surface area contributed by atoms with Gasteiger partial charge in [0.25, 0.3) is 0 Å². The lowest BCUT2D eigenvalue weighted by Crippen LogP contribution is -1.57. The lowest BCUT2D eigenvalue weighted by atomic mass is 10.2. The van der Waals surface area contributed by atoms with Crippen LogP contribution in [0.15, 0.2) is 36.7 Å². The Morgan fingerprint density at radius 3 is 1.73 bits per heavy atom. The lowest BCUT2D eigenvalue weighted by Gasteiger charge is -1.81. The molecule has 0 amide bonds. The normalized spacial score (nSPS) is 8.36. The molecule has 0 aliphatic heterocycles. The molecule has 0 radical (unpaired) electrons. The van der Waals surface area contributed by atoms with Crippen LogP contribution in [0.1, 0.15) is 0 Å². The van der Waals surface area contributed by atoms with Gasteiger partial charge in [-0.25, -0.2) is 0 Å². The summed E-state index contributed by atoms with van der Waals surface area (Å²) in [6, 6.07) is 8.25. The Morgan fingerprint density at radius 1 is 0.818 bits per heavy atom. The molecule has 1 aromatic carbocycles. The van der Waals surface area contributed by atoms with E-state index in [1.54, 1.807) is 0 Å². The fraction of sp³-hybridized carbons (Fsp3) is 0. The van der Waals surface area contributed by atoms with E-state index in [0.29, 0.717) is 0 Å². The first-order valence-corrected chi connectivity index (χ1v) is 2.98. The predicted octanol–water partition coefficient (Wildman–Crippen LogP) is 3.01. The molecule has 1 aromatic heterocycles. The molecular formula is C8H9Cl2N. The molecule has 0 spiro atoms. The third kappa shape index (κ3) is 1.88. The molecule has 0 bridgehead atoms. The molecule has 60 valence electrons. The van der Waals surface area contributed by atoms with Crippen LogP contribution in [0, 0.1) is 0 Å². The molecule has 0 atom stereocenters. The highest BCUT2D eigenvalue weighted by Gasteiger charge is 1.86. The molecule has 1 heterocycles. The largest absolute Gasteiger partial charge is 0.366 e. The van der Waals surface area contributed by atoms with Crippen molar-refractivity contribution in [1.82, 2.24) is 4.98 Å². The molecule has 1 N–H and O–H groups in total. The second kappa shape index (κ2) is 4.27. The van der Waals surface area contributed by atoms with Crippen LogP contribution in [-0.2, 0) is 0 Å². The highest BCUT2D eigenvalue weighted by molar-refractivity contribution is 5.85. The van der Waals surface area contributed by atoms with Gasteiger partial charge in [0, 0.05) is 12.4 Å². The average molecular weight is 190 g/mol. The number of nitrogens with one attached hydrogen (secondary N) is 1. The Labute approximate surface area is 77.6 Å². The molecule has 0 saturated heterocycles. The summed E-state index contributed by atoms with van der Waals surface area (Å²) in [7, 11) is 0.